The van der Waals surface area contributed by atoms with Gasteiger partial charge in [-0.15, -0.1) is 13.2 Å². The zero-order chi connectivity index (χ0) is 23.3. The molecule has 6 heteroatoms. The zero-order valence-electron chi connectivity index (χ0n) is 18.8. The quantitative estimate of drug-likeness (QED) is 0.484. The summed E-state index contributed by atoms with van der Waals surface area (Å²) in [6.45, 7) is 11.9. The molecule has 0 aliphatic rings. The Balaban J connectivity index is 2.02. The molecule has 2 aromatic rings. The molecule has 1 N–H and O–H groups in total. The lowest BCUT2D eigenvalue weighted by molar-refractivity contribution is 0.0811. The first-order chi connectivity index (χ1) is 15.4. The second-order valence-electron chi connectivity index (χ2n) is 7.58. The lowest BCUT2D eigenvalue weighted by Gasteiger charge is -2.32. The van der Waals surface area contributed by atoms with Gasteiger partial charge in [-0.25, -0.2) is 9.59 Å². The van der Waals surface area contributed by atoms with Crippen LogP contribution in [0, 0.1) is 5.92 Å². The number of rotatable bonds is 11. The van der Waals surface area contributed by atoms with Crippen LogP contribution in [-0.2, 0) is 22.7 Å². The Morgan fingerprint density at radius 3 is 1.94 bits per heavy atom. The van der Waals surface area contributed by atoms with Crippen LogP contribution in [-0.4, -0.2) is 35.7 Å². The number of carbonyl (C=O) groups excluding carboxylic acids is 2. The summed E-state index contributed by atoms with van der Waals surface area (Å²) < 4.78 is 10.9. The number of alkyl carbamates (subject to hydrolysis) is 1. The van der Waals surface area contributed by atoms with Gasteiger partial charge >= 0.3 is 12.2 Å². The van der Waals surface area contributed by atoms with Gasteiger partial charge in [0, 0.05) is 6.54 Å². The minimum Gasteiger partial charge on any atom is -0.445 e. The Hall–Kier alpha value is -3.54. The Morgan fingerprint density at radius 1 is 0.906 bits per heavy atom. The first kappa shape index (κ1) is 24.7. The SMILES string of the molecule is C=C[C@@H](C)[C@@H](CN(C(=O)OCc1ccccc1)[C@@H](C)C=C)NC(=O)OCc1ccccc1. The van der Waals surface area contributed by atoms with Crippen LogP contribution < -0.4 is 5.32 Å². The number of hydrogen-bond donors (Lipinski definition) is 1. The molecule has 2 aromatic carbocycles. The zero-order valence-corrected chi connectivity index (χ0v) is 18.8. The van der Waals surface area contributed by atoms with E-state index in [1.165, 1.54) is 4.90 Å². The van der Waals surface area contributed by atoms with Gasteiger partial charge in [-0.05, 0) is 24.0 Å². The standard InChI is InChI=1S/C26H32N2O4/c1-5-20(3)24(27-25(29)31-18-22-13-9-7-10-14-22)17-28(21(4)6-2)26(30)32-19-23-15-11-8-12-16-23/h5-16,20-21,24H,1-2,17-19H2,3-4H3,(H,27,29)/t20-,21+,24-/m1/s1. The molecular formula is C26H32N2O4. The van der Waals surface area contributed by atoms with Crippen LogP contribution in [0.2, 0.25) is 0 Å². The van der Waals surface area contributed by atoms with Gasteiger partial charge in [-0.1, -0.05) is 79.7 Å². The van der Waals surface area contributed by atoms with E-state index in [4.69, 9.17) is 9.47 Å². The van der Waals surface area contributed by atoms with E-state index in [2.05, 4.69) is 18.5 Å². The summed E-state index contributed by atoms with van der Waals surface area (Å²) in [7, 11) is 0. The van der Waals surface area contributed by atoms with Crippen molar-refractivity contribution < 1.29 is 19.1 Å². The van der Waals surface area contributed by atoms with Gasteiger partial charge in [0.05, 0.1) is 12.1 Å². The maximum absolute atomic E-state index is 12.8. The molecule has 0 aliphatic carbocycles. The van der Waals surface area contributed by atoms with Crippen LogP contribution in [0.25, 0.3) is 0 Å². The Kier molecular flexibility index (Phi) is 10.0. The molecule has 32 heavy (non-hydrogen) atoms. The third-order valence-electron chi connectivity index (χ3n) is 5.19. The first-order valence-corrected chi connectivity index (χ1v) is 10.6. The Morgan fingerprint density at radius 2 is 1.44 bits per heavy atom. The summed E-state index contributed by atoms with van der Waals surface area (Å²) in [6.07, 6.45) is 2.35. The van der Waals surface area contributed by atoms with E-state index < -0.39 is 18.2 Å². The monoisotopic (exact) mass is 436 g/mol. The normalized spacial score (nSPS) is 13.2. The number of nitrogens with zero attached hydrogens (tertiary/aromatic N) is 1. The molecule has 0 bridgehead atoms. The molecule has 0 spiro atoms. The fraction of sp³-hybridized carbons (Fsp3) is 0.308. The molecule has 0 heterocycles. The van der Waals surface area contributed by atoms with Crippen molar-refractivity contribution in [2.24, 2.45) is 5.92 Å². The average Bonchev–Trinajstić information content (AvgIpc) is 2.84. The van der Waals surface area contributed by atoms with Crippen molar-refractivity contribution in [1.82, 2.24) is 10.2 Å². The van der Waals surface area contributed by atoms with Crippen LogP contribution in [0.4, 0.5) is 9.59 Å². The van der Waals surface area contributed by atoms with Crippen molar-refractivity contribution in [2.75, 3.05) is 6.54 Å². The van der Waals surface area contributed by atoms with E-state index >= 15 is 0 Å². The van der Waals surface area contributed by atoms with E-state index in [9.17, 15) is 9.59 Å². The molecule has 2 rings (SSSR count). The maximum atomic E-state index is 12.8. The fourth-order valence-corrected chi connectivity index (χ4v) is 2.97. The molecule has 0 saturated carbocycles. The molecule has 2 amide bonds. The molecule has 6 nitrogen and oxygen atoms in total. The highest BCUT2D eigenvalue weighted by molar-refractivity contribution is 5.70. The van der Waals surface area contributed by atoms with Crippen molar-refractivity contribution in [3.05, 3.63) is 97.1 Å². The molecule has 0 saturated heterocycles. The molecular weight excluding hydrogens is 404 g/mol. The minimum atomic E-state index is -0.559. The second-order valence-corrected chi connectivity index (χ2v) is 7.58. The van der Waals surface area contributed by atoms with Crippen molar-refractivity contribution in [2.45, 2.75) is 39.1 Å². The highest BCUT2D eigenvalue weighted by Crippen LogP contribution is 2.13. The van der Waals surface area contributed by atoms with Crippen molar-refractivity contribution >= 4 is 12.2 Å². The van der Waals surface area contributed by atoms with Gasteiger partial charge in [0.15, 0.2) is 0 Å². The third kappa shape index (κ3) is 7.95. The molecule has 3 atom stereocenters. The number of hydrogen-bond acceptors (Lipinski definition) is 4. The Bertz CT molecular complexity index is 870. The fourth-order valence-electron chi connectivity index (χ4n) is 2.97. The highest BCUT2D eigenvalue weighted by Gasteiger charge is 2.27. The smallest absolute Gasteiger partial charge is 0.410 e. The van der Waals surface area contributed by atoms with Crippen LogP contribution in [0.3, 0.4) is 0 Å². The van der Waals surface area contributed by atoms with E-state index in [0.717, 1.165) is 11.1 Å². The third-order valence-corrected chi connectivity index (χ3v) is 5.19. The van der Waals surface area contributed by atoms with Crippen LogP contribution in [0.15, 0.2) is 86.0 Å². The van der Waals surface area contributed by atoms with E-state index in [0.29, 0.717) is 0 Å². The lowest BCUT2D eigenvalue weighted by atomic mass is 10.0. The number of ether oxygens (including phenoxy) is 2. The Labute approximate surface area is 190 Å². The van der Waals surface area contributed by atoms with Gasteiger partial charge in [0.25, 0.3) is 0 Å². The highest BCUT2D eigenvalue weighted by atomic mass is 16.6. The number of carbonyl (C=O) groups is 2. The van der Waals surface area contributed by atoms with Gasteiger partial charge in [0.1, 0.15) is 13.2 Å². The summed E-state index contributed by atoms with van der Waals surface area (Å²) in [5.74, 6) is -0.110. The molecule has 170 valence electrons. The van der Waals surface area contributed by atoms with Crippen LogP contribution >= 0.6 is 0 Å². The number of benzene rings is 2. The molecule has 0 aliphatic heterocycles. The second kappa shape index (κ2) is 13.0. The van der Waals surface area contributed by atoms with E-state index in [1.54, 1.807) is 12.2 Å². The summed E-state index contributed by atoms with van der Waals surface area (Å²) in [6, 6.07) is 18.2. The predicted molar refractivity (Wildman–Crippen MR) is 126 cm³/mol. The van der Waals surface area contributed by atoms with Gasteiger partial charge in [-0.3, -0.25) is 4.90 Å². The van der Waals surface area contributed by atoms with Gasteiger partial charge in [0.2, 0.25) is 0 Å². The maximum Gasteiger partial charge on any atom is 0.410 e. The molecule has 0 radical (unpaired) electrons. The average molecular weight is 437 g/mol. The van der Waals surface area contributed by atoms with Crippen molar-refractivity contribution in [1.29, 1.82) is 0 Å². The van der Waals surface area contributed by atoms with Crippen molar-refractivity contribution in [3.8, 4) is 0 Å². The first-order valence-electron chi connectivity index (χ1n) is 10.6. The van der Waals surface area contributed by atoms with E-state index in [-0.39, 0.29) is 31.7 Å². The largest absolute Gasteiger partial charge is 0.445 e. The lowest BCUT2D eigenvalue weighted by Crippen LogP contribution is -2.51. The van der Waals surface area contributed by atoms with Crippen LogP contribution in [0.1, 0.15) is 25.0 Å². The van der Waals surface area contributed by atoms with Gasteiger partial charge < -0.3 is 14.8 Å². The summed E-state index contributed by atoms with van der Waals surface area (Å²) >= 11 is 0. The topological polar surface area (TPSA) is 67.9 Å². The summed E-state index contributed by atoms with van der Waals surface area (Å²) in [5, 5.41) is 2.86. The van der Waals surface area contributed by atoms with Gasteiger partial charge in [-0.2, -0.15) is 0 Å². The molecule has 0 aromatic heterocycles. The van der Waals surface area contributed by atoms with Crippen molar-refractivity contribution in [3.63, 3.8) is 0 Å². The summed E-state index contributed by atoms with van der Waals surface area (Å²) in [4.78, 5) is 26.8. The number of nitrogens with one attached hydrogen (secondary N) is 1. The predicted octanol–water partition coefficient (Wildman–Crippen LogP) is 5.32. The summed E-state index contributed by atoms with van der Waals surface area (Å²) in [5.41, 5.74) is 1.79. The number of amides is 2. The van der Waals surface area contributed by atoms with E-state index in [1.807, 2.05) is 74.5 Å². The molecule has 0 fully saturated rings. The molecule has 0 unspecified atom stereocenters. The van der Waals surface area contributed by atoms with Crippen LogP contribution in [0.5, 0.6) is 0 Å². The minimum absolute atomic E-state index is 0.110.